The van der Waals surface area contributed by atoms with Crippen LogP contribution in [-0.2, 0) is 4.79 Å². The maximum absolute atomic E-state index is 12.3. The number of rotatable bonds is 8. The van der Waals surface area contributed by atoms with E-state index in [9.17, 15) is 4.79 Å². The summed E-state index contributed by atoms with van der Waals surface area (Å²) in [5, 5.41) is 0. The summed E-state index contributed by atoms with van der Waals surface area (Å²) in [6.45, 7) is 14.7. The minimum Gasteiger partial charge on any atom is -0.340 e. The summed E-state index contributed by atoms with van der Waals surface area (Å²) in [5.74, 6) is 1.08. The Bertz CT molecular complexity index is 307. The molecule has 0 atom stereocenters. The van der Waals surface area contributed by atoms with Gasteiger partial charge in [0, 0.05) is 32.6 Å². The Morgan fingerprint density at radius 3 is 2.29 bits per heavy atom. The molecule has 1 fully saturated rings. The van der Waals surface area contributed by atoms with Crippen molar-refractivity contribution in [3.05, 3.63) is 0 Å². The predicted molar refractivity (Wildman–Crippen MR) is 89.2 cm³/mol. The lowest BCUT2D eigenvalue weighted by atomic mass is 9.84. The zero-order valence-electron chi connectivity index (χ0n) is 14.5. The number of carbonyl (C=O) groups excluding carboxylic acids is 1. The molecule has 2 N–H and O–H groups in total. The molecule has 4 nitrogen and oxygen atoms in total. The second-order valence-corrected chi connectivity index (χ2v) is 7.61. The molecule has 0 aliphatic carbocycles. The quantitative estimate of drug-likeness (QED) is 0.748. The largest absolute Gasteiger partial charge is 0.340 e. The van der Waals surface area contributed by atoms with E-state index in [1.54, 1.807) is 0 Å². The Balaban J connectivity index is 2.25. The van der Waals surface area contributed by atoms with Crippen LogP contribution in [0.15, 0.2) is 0 Å². The zero-order valence-corrected chi connectivity index (χ0v) is 14.5. The molecule has 0 aromatic rings. The van der Waals surface area contributed by atoms with Crippen LogP contribution in [0.25, 0.3) is 0 Å². The van der Waals surface area contributed by atoms with Gasteiger partial charge in [0.15, 0.2) is 0 Å². The highest BCUT2D eigenvalue weighted by Crippen LogP contribution is 2.26. The third-order valence-electron chi connectivity index (χ3n) is 4.58. The van der Waals surface area contributed by atoms with Crippen LogP contribution in [0.5, 0.6) is 0 Å². The monoisotopic (exact) mass is 297 g/mol. The number of carbonyl (C=O) groups is 1. The van der Waals surface area contributed by atoms with Crippen LogP contribution in [0.3, 0.4) is 0 Å². The van der Waals surface area contributed by atoms with Crippen molar-refractivity contribution >= 4 is 5.91 Å². The van der Waals surface area contributed by atoms with Crippen molar-refractivity contribution in [2.24, 2.45) is 17.1 Å². The van der Waals surface area contributed by atoms with Gasteiger partial charge in [-0.2, -0.15) is 0 Å². The maximum atomic E-state index is 12.3. The zero-order chi connectivity index (χ0) is 15.9. The highest BCUT2D eigenvalue weighted by molar-refractivity contribution is 5.76. The molecule has 1 amide bonds. The Labute approximate surface area is 131 Å². The van der Waals surface area contributed by atoms with Crippen LogP contribution in [0, 0.1) is 11.3 Å². The fourth-order valence-corrected chi connectivity index (χ4v) is 2.78. The minimum absolute atomic E-state index is 0.184. The molecule has 0 unspecified atom stereocenters. The first-order valence-electron chi connectivity index (χ1n) is 8.54. The van der Waals surface area contributed by atoms with Gasteiger partial charge in [-0.1, -0.05) is 27.7 Å². The van der Waals surface area contributed by atoms with E-state index in [-0.39, 0.29) is 5.41 Å². The molecule has 1 saturated heterocycles. The second-order valence-electron chi connectivity index (χ2n) is 7.61. The highest BCUT2D eigenvalue weighted by Gasteiger charge is 2.23. The van der Waals surface area contributed by atoms with Gasteiger partial charge in [0.2, 0.25) is 5.91 Å². The van der Waals surface area contributed by atoms with E-state index >= 15 is 0 Å². The molecular weight excluding hydrogens is 262 g/mol. The molecular formula is C17H35N3O. The Morgan fingerprint density at radius 1 is 1.14 bits per heavy atom. The summed E-state index contributed by atoms with van der Waals surface area (Å²) in [6.07, 6.45) is 3.85. The van der Waals surface area contributed by atoms with Crippen LogP contribution in [0.1, 0.15) is 53.4 Å². The minimum atomic E-state index is 0.184. The Hall–Kier alpha value is -0.610. The third kappa shape index (κ3) is 7.28. The van der Waals surface area contributed by atoms with Crippen LogP contribution < -0.4 is 5.73 Å². The second kappa shape index (κ2) is 8.74. The number of hydrogen-bond acceptors (Lipinski definition) is 3. The highest BCUT2D eigenvalue weighted by atomic mass is 16.2. The molecule has 0 spiro atoms. The summed E-state index contributed by atoms with van der Waals surface area (Å²) in [5.41, 5.74) is 5.81. The first-order valence-corrected chi connectivity index (χ1v) is 8.54. The van der Waals surface area contributed by atoms with Crippen molar-refractivity contribution in [1.82, 2.24) is 9.80 Å². The molecule has 0 bridgehead atoms. The van der Waals surface area contributed by atoms with E-state index < -0.39 is 0 Å². The lowest BCUT2D eigenvalue weighted by Crippen LogP contribution is -2.49. The van der Waals surface area contributed by atoms with Crippen LogP contribution in [-0.4, -0.2) is 55.0 Å². The smallest absolute Gasteiger partial charge is 0.222 e. The third-order valence-corrected chi connectivity index (χ3v) is 4.58. The van der Waals surface area contributed by atoms with Gasteiger partial charge in [-0.3, -0.25) is 9.69 Å². The molecule has 0 saturated carbocycles. The lowest BCUT2D eigenvalue weighted by molar-refractivity contribution is -0.133. The van der Waals surface area contributed by atoms with Gasteiger partial charge in [-0.25, -0.2) is 0 Å². The number of amides is 1. The first kappa shape index (κ1) is 18.4. The summed E-state index contributed by atoms with van der Waals surface area (Å²) >= 11 is 0. The molecule has 1 aliphatic heterocycles. The summed E-state index contributed by atoms with van der Waals surface area (Å²) < 4.78 is 0. The van der Waals surface area contributed by atoms with Gasteiger partial charge in [0.25, 0.3) is 0 Å². The van der Waals surface area contributed by atoms with Gasteiger partial charge < -0.3 is 10.6 Å². The SMILES string of the molecule is CC(C)CCN1CCN(C(=O)CCC(C)(C)CCN)CC1. The molecule has 4 heteroatoms. The average Bonchev–Trinajstić information content (AvgIpc) is 2.43. The van der Waals surface area contributed by atoms with Gasteiger partial charge in [-0.15, -0.1) is 0 Å². The Morgan fingerprint density at radius 2 is 1.76 bits per heavy atom. The number of hydrogen-bond donors (Lipinski definition) is 1. The number of nitrogens with zero attached hydrogens (tertiary/aromatic N) is 2. The standard InChI is InChI=1S/C17H35N3O/c1-15(2)6-10-19-11-13-20(14-12-19)16(21)5-7-17(3,4)8-9-18/h15H,5-14,18H2,1-4H3. The van der Waals surface area contributed by atoms with Crippen molar-refractivity contribution in [3.8, 4) is 0 Å². The van der Waals surface area contributed by atoms with Crippen LogP contribution >= 0.6 is 0 Å². The maximum Gasteiger partial charge on any atom is 0.222 e. The summed E-state index contributed by atoms with van der Waals surface area (Å²) in [6, 6.07) is 0. The normalized spacial score (nSPS) is 17.5. The molecule has 0 aromatic carbocycles. The van der Waals surface area contributed by atoms with Crippen LogP contribution in [0.4, 0.5) is 0 Å². The summed E-state index contributed by atoms with van der Waals surface area (Å²) in [4.78, 5) is 16.8. The van der Waals surface area contributed by atoms with Crippen molar-refractivity contribution in [2.75, 3.05) is 39.3 Å². The number of nitrogens with two attached hydrogens (primary N) is 1. The molecule has 124 valence electrons. The van der Waals surface area contributed by atoms with E-state index in [1.165, 1.54) is 13.0 Å². The molecule has 0 radical (unpaired) electrons. The van der Waals surface area contributed by atoms with E-state index in [0.29, 0.717) is 18.9 Å². The van der Waals surface area contributed by atoms with Gasteiger partial charge in [0.05, 0.1) is 0 Å². The fourth-order valence-electron chi connectivity index (χ4n) is 2.78. The van der Waals surface area contributed by atoms with Crippen molar-refractivity contribution in [3.63, 3.8) is 0 Å². The number of piperazine rings is 1. The molecule has 0 aromatic heterocycles. The van der Waals surface area contributed by atoms with E-state index in [0.717, 1.165) is 44.9 Å². The first-order chi connectivity index (χ1) is 9.84. The predicted octanol–water partition coefficient (Wildman–Crippen LogP) is 2.33. The molecule has 1 aliphatic rings. The van der Waals surface area contributed by atoms with Crippen molar-refractivity contribution in [1.29, 1.82) is 0 Å². The van der Waals surface area contributed by atoms with E-state index in [1.807, 2.05) is 4.90 Å². The van der Waals surface area contributed by atoms with E-state index in [4.69, 9.17) is 5.73 Å². The fraction of sp³-hybridized carbons (Fsp3) is 0.941. The molecule has 21 heavy (non-hydrogen) atoms. The summed E-state index contributed by atoms with van der Waals surface area (Å²) in [7, 11) is 0. The molecule has 1 rings (SSSR count). The lowest BCUT2D eigenvalue weighted by Gasteiger charge is -2.35. The average molecular weight is 297 g/mol. The van der Waals surface area contributed by atoms with Gasteiger partial charge in [0.1, 0.15) is 0 Å². The Kier molecular flexibility index (Phi) is 7.67. The van der Waals surface area contributed by atoms with Gasteiger partial charge in [-0.05, 0) is 43.7 Å². The van der Waals surface area contributed by atoms with Gasteiger partial charge >= 0.3 is 0 Å². The van der Waals surface area contributed by atoms with Crippen molar-refractivity contribution in [2.45, 2.75) is 53.4 Å². The topological polar surface area (TPSA) is 49.6 Å². The molecule has 1 heterocycles. The van der Waals surface area contributed by atoms with E-state index in [2.05, 4.69) is 32.6 Å². The van der Waals surface area contributed by atoms with Crippen molar-refractivity contribution < 1.29 is 4.79 Å². The van der Waals surface area contributed by atoms with Crippen LogP contribution in [0.2, 0.25) is 0 Å².